The highest BCUT2D eigenvalue weighted by molar-refractivity contribution is 7.90. The molecular formula is C38H44Cl2FN5O9S. The molecule has 2 aromatic carbocycles. The molecule has 0 aromatic heterocycles. The summed E-state index contributed by atoms with van der Waals surface area (Å²) in [5, 5.41) is 4.95. The normalized spacial score (nSPS) is 26.0. The van der Waals surface area contributed by atoms with Gasteiger partial charge in [0.1, 0.15) is 40.0 Å². The maximum absolute atomic E-state index is 14.5. The molecule has 6 rings (SSSR count). The number of alkyl carbamates (subject to hydrolysis) is 1. The third-order valence-electron chi connectivity index (χ3n) is 10.2. The highest BCUT2D eigenvalue weighted by atomic mass is 35.5. The van der Waals surface area contributed by atoms with E-state index in [4.69, 9.17) is 32.7 Å². The zero-order valence-electron chi connectivity index (χ0n) is 31.1. The fourth-order valence-electron chi connectivity index (χ4n) is 7.35. The Hall–Kier alpha value is -4.41. The second kappa shape index (κ2) is 16.2. The number of hydrogen-bond acceptors (Lipinski definition) is 9. The van der Waals surface area contributed by atoms with Gasteiger partial charge < -0.3 is 25.0 Å². The van der Waals surface area contributed by atoms with Crippen molar-refractivity contribution in [1.29, 1.82) is 0 Å². The Morgan fingerprint density at radius 3 is 2.43 bits per heavy atom. The van der Waals surface area contributed by atoms with Gasteiger partial charge in [-0.2, -0.15) is 0 Å². The lowest BCUT2D eigenvalue weighted by Crippen LogP contribution is -2.58. The van der Waals surface area contributed by atoms with Crippen LogP contribution >= 0.6 is 23.2 Å². The second-order valence-corrected chi connectivity index (χ2v) is 17.9. The van der Waals surface area contributed by atoms with E-state index in [1.54, 1.807) is 39.0 Å². The molecule has 3 N–H and O–H groups in total. The topological polar surface area (TPSA) is 181 Å². The van der Waals surface area contributed by atoms with E-state index >= 15 is 0 Å². The number of benzene rings is 2. The summed E-state index contributed by atoms with van der Waals surface area (Å²) in [5.41, 5.74) is -1.61. The van der Waals surface area contributed by atoms with Gasteiger partial charge in [-0.3, -0.25) is 19.3 Å². The van der Waals surface area contributed by atoms with Gasteiger partial charge in [-0.15, -0.1) is 0 Å². The molecule has 3 aliphatic heterocycles. The summed E-state index contributed by atoms with van der Waals surface area (Å²) in [6.45, 7) is 4.86. The van der Waals surface area contributed by atoms with Gasteiger partial charge in [0, 0.05) is 24.4 Å². The van der Waals surface area contributed by atoms with Crippen molar-refractivity contribution < 1.29 is 46.3 Å². The van der Waals surface area contributed by atoms with Crippen molar-refractivity contribution in [2.45, 2.75) is 113 Å². The number of ether oxygens (including phenoxy) is 2. The van der Waals surface area contributed by atoms with Crippen LogP contribution in [-0.4, -0.2) is 84.0 Å². The first-order valence-electron chi connectivity index (χ1n) is 18.4. The molecule has 0 bridgehead atoms. The SMILES string of the molecule is CC(C)(C)OC(=O)N[C@H]1CCCCC/C=C\[C@@H]2C[C@@]2(C(=O)NS(=O)(=O)c2c(Cl)cccc2Cl)NC(=O)[C@@H]2C[C@@H](OC(=O)N3Cc4cccc(F)c4C3)CN2C1=O. The molecule has 56 heavy (non-hydrogen) atoms. The lowest BCUT2D eigenvalue weighted by molar-refractivity contribution is -0.141. The Balaban J connectivity index is 1.28. The standard InChI is InChI=1S/C38H44Cl2FN5O9S/c1-37(2,3)55-35(50)42-29-16-8-6-4-5-7-12-23-18-38(23,34(49)44-56(52,53)31-26(39)13-10-14-27(31)40)43-32(47)30-17-24(20-46(30)33(29)48)54-36(51)45-19-22-11-9-15-28(41)25(22)21-45/h7,9-15,23-24,29-30H,4-6,8,16-21H2,1-3H3,(H,42,50)(H,43,47)(H,44,49)/b12-7-/t23-,24-,29+,30+,38-/m1/s1. The average Bonchev–Trinajstić information content (AvgIpc) is 3.40. The Kier molecular flexibility index (Phi) is 11.9. The van der Waals surface area contributed by atoms with Crippen molar-refractivity contribution in [1.82, 2.24) is 25.2 Å². The number of hydrogen-bond donors (Lipinski definition) is 3. The van der Waals surface area contributed by atoms with Crippen LogP contribution < -0.4 is 15.4 Å². The Morgan fingerprint density at radius 2 is 1.73 bits per heavy atom. The van der Waals surface area contributed by atoms with Crippen molar-refractivity contribution in [3.8, 4) is 0 Å². The maximum atomic E-state index is 14.5. The number of sulfonamides is 1. The summed E-state index contributed by atoms with van der Waals surface area (Å²) in [6.07, 6.45) is 3.56. The van der Waals surface area contributed by atoms with Crippen LogP contribution in [0.2, 0.25) is 10.0 Å². The summed E-state index contributed by atoms with van der Waals surface area (Å²) < 4.78 is 54.7. The van der Waals surface area contributed by atoms with Crippen molar-refractivity contribution in [2.75, 3.05) is 6.54 Å². The number of carbonyl (C=O) groups is 5. The molecule has 3 heterocycles. The third kappa shape index (κ3) is 9.07. The van der Waals surface area contributed by atoms with Gasteiger partial charge >= 0.3 is 12.2 Å². The van der Waals surface area contributed by atoms with E-state index in [2.05, 4.69) is 10.6 Å². The summed E-state index contributed by atoms with van der Waals surface area (Å²) in [7, 11) is -4.62. The molecule has 5 atom stereocenters. The van der Waals surface area contributed by atoms with Crippen molar-refractivity contribution in [2.24, 2.45) is 5.92 Å². The van der Waals surface area contributed by atoms with Gasteiger partial charge in [0.15, 0.2) is 0 Å². The average molecular weight is 837 g/mol. The number of nitrogens with zero attached hydrogens (tertiary/aromatic N) is 2. The fraction of sp³-hybridized carbons (Fsp3) is 0.500. The molecule has 0 unspecified atom stereocenters. The number of nitrogens with one attached hydrogen (secondary N) is 3. The molecule has 5 amide bonds. The highest BCUT2D eigenvalue weighted by Gasteiger charge is 2.62. The van der Waals surface area contributed by atoms with E-state index in [0.29, 0.717) is 36.8 Å². The molecule has 2 aromatic rings. The molecule has 1 saturated carbocycles. The van der Waals surface area contributed by atoms with Crippen LogP contribution in [0.25, 0.3) is 0 Å². The molecule has 14 nitrogen and oxygen atoms in total. The number of fused-ring (bicyclic) bond motifs is 3. The molecule has 0 spiro atoms. The van der Waals surface area contributed by atoms with E-state index in [9.17, 15) is 36.8 Å². The van der Waals surface area contributed by atoms with E-state index < -0.39 is 85.9 Å². The summed E-state index contributed by atoms with van der Waals surface area (Å²) in [4.78, 5) is 71.1. The first-order valence-corrected chi connectivity index (χ1v) is 20.6. The van der Waals surface area contributed by atoms with Crippen LogP contribution in [-0.2, 0) is 47.0 Å². The number of rotatable bonds is 5. The van der Waals surface area contributed by atoms with E-state index in [1.165, 1.54) is 34.1 Å². The van der Waals surface area contributed by atoms with E-state index in [0.717, 1.165) is 0 Å². The molecule has 18 heteroatoms. The Morgan fingerprint density at radius 1 is 1.02 bits per heavy atom. The summed E-state index contributed by atoms with van der Waals surface area (Å²) in [5.74, 6) is -3.54. The van der Waals surface area contributed by atoms with Crippen LogP contribution in [0.4, 0.5) is 14.0 Å². The second-order valence-electron chi connectivity index (χ2n) is 15.5. The van der Waals surface area contributed by atoms with Gasteiger partial charge in [-0.1, -0.05) is 66.4 Å². The van der Waals surface area contributed by atoms with Crippen LogP contribution in [0.1, 0.15) is 76.8 Å². The minimum atomic E-state index is -4.62. The highest BCUT2D eigenvalue weighted by Crippen LogP contribution is 2.46. The fourth-order valence-corrected chi connectivity index (χ4v) is 9.53. The largest absolute Gasteiger partial charge is 0.444 e. The predicted octanol–water partition coefficient (Wildman–Crippen LogP) is 5.35. The minimum absolute atomic E-state index is 0.0309. The number of halogens is 3. The quantitative estimate of drug-likeness (QED) is 0.335. The number of carbonyl (C=O) groups excluding carboxylic acids is 5. The van der Waals surface area contributed by atoms with Crippen molar-refractivity contribution >= 4 is 63.1 Å². The first kappa shape index (κ1) is 41.2. The molecule has 4 aliphatic rings. The lowest BCUT2D eigenvalue weighted by Gasteiger charge is -2.30. The summed E-state index contributed by atoms with van der Waals surface area (Å²) in [6, 6.07) is 6.18. The van der Waals surface area contributed by atoms with Gasteiger partial charge in [0.25, 0.3) is 15.9 Å². The van der Waals surface area contributed by atoms with Gasteiger partial charge in [-0.05, 0) is 70.2 Å². The van der Waals surface area contributed by atoms with Crippen LogP contribution in [0.3, 0.4) is 0 Å². The van der Waals surface area contributed by atoms with Gasteiger partial charge in [0.2, 0.25) is 11.8 Å². The number of allylic oxidation sites excluding steroid dienone is 1. The zero-order valence-corrected chi connectivity index (χ0v) is 33.4. The molecule has 1 aliphatic carbocycles. The molecule has 2 fully saturated rings. The predicted molar refractivity (Wildman–Crippen MR) is 202 cm³/mol. The number of amides is 5. The van der Waals surface area contributed by atoms with Crippen LogP contribution in [0, 0.1) is 11.7 Å². The molecule has 0 radical (unpaired) electrons. The third-order valence-corrected chi connectivity index (χ3v) is 12.5. The summed E-state index contributed by atoms with van der Waals surface area (Å²) >= 11 is 12.3. The van der Waals surface area contributed by atoms with Crippen molar-refractivity contribution in [3.05, 3.63) is 75.5 Å². The molecular weight excluding hydrogens is 792 g/mol. The molecule has 302 valence electrons. The zero-order chi connectivity index (χ0) is 40.6. The van der Waals surface area contributed by atoms with Crippen molar-refractivity contribution in [3.63, 3.8) is 0 Å². The Bertz CT molecular complexity index is 2040. The lowest BCUT2D eigenvalue weighted by atomic mass is 10.0. The molecule has 1 saturated heterocycles. The van der Waals surface area contributed by atoms with E-state index in [1.807, 2.05) is 10.8 Å². The maximum Gasteiger partial charge on any atom is 0.410 e. The van der Waals surface area contributed by atoms with Crippen LogP contribution in [0.15, 0.2) is 53.4 Å². The van der Waals surface area contributed by atoms with E-state index in [-0.39, 0.29) is 48.9 Å². The van der Waals surface area contributed by atoms with Gasteiger partial charge in [-0.25, -0.2) is 27.1 Å². The minimum Gasteiger partial charge on any atom is -0.444 e. The first-order chi connectivity index (χ1) is 26.4. The van der Waals surface area contributed by atoms with Gasteiger partial charge in [0.05, 0.1) is 23.1 Å². The monoisotopic (exact) mass is 835 g/mol. The Labute approximate surface area is 334 Å². The smallest absolute Gasteiger partial charge is 0.410 e. The van der Waals surface area contributed by atoms with Crippen LogP contribution in [0.5, 0.6) is 0 Å².